The first kappa shape index (κ1) is 78.7. The van der Waals surface area contributed by atoms with E-state index < -0.39 is 49.5 Å². The van der Waals surface area contributed by atoms with Crippen molar-refractivity contribution in [2.75, 3.05) is 13.2 Å². The Labute approximate surface area is 509 Å². The zero-order valence-electron chi connectivity index (χ0n) is 54.5. The number of nitrogens with one attached hydrogen (secondary N) is 1. The van der Waals surface area contributed by atoms with Crippen LogP contribution in [-0.4, -0.2) is 87.5 Å². The zero-order valence-corrected chi connectivity index (χ0v) is 54.5. The van der Waals surface area contributed by atoms with E-state index in [0.29, 0.717) is 6.42 Å². The van der Waals surface area contributed by atoms with Crippen molar-refractivity contribution < 1.29 is 39.8 Å². The maximum Gasteiger partial charge on any atom is 0.220 e. The Balaban J connectivity index is 2.02. The standard InChI is InChI=1S/C73H141NO8/c1-3-5-7-9-11-13-15-17-19-21-23-24-25-26-27-28-29-30-31-32-33-34-35-36-37-38-39-40-41-42-43-44-45-47-49-51-53-55-57-59-61-63-69(77)74-66(65-81-73-72(80)71(79)70(78)68(64-75)82-73)67(76)62-60-58-56-54-52-50-48-46-22-20-18-16-14-12-10-8-6-4-2/h21,23,60,62,66-68,70-73,75-76,78-80H,3-20,22,24-59,61,63-65H2,1-2H3,(H,74,77)/b23-21-,62-60+. The lowest BCUT2D eigenvalue weighted by Crippen LogP contribution is -2.60. The molecule has 0 spiro atoms. The van der Waals surface area contributed by atoms with E-state index in [2.05, 4.69) is 31.3 Å². The van der Waals surface area contributed by atoms with Crippen molar-refractivity contribution in [2.45, 2.75) is 423 Å². The van der Waals surface area contributed by atoms with Crippen LogP contribution in [0.3, 0.4) is 0 Å². The van der Waals surface area contributed by atoms with Gasteiger partial charge in [0.05, 0.1) is 25.4 Å². The molecule has 0 aliphatic carbocycles. The van der Waals surface area contributed by atoms with E-state index in [-0.39, 0.29) is 12.5 Å². The molecule has 1 aliphatic rings. The summed E-state index contributed by atoms with van der Waals surface area (Å²) in [5.74, 6) is -0.168. The fourth-order valence-corrected chi connectivity index (χ4v) is 12.0. The summed E-state index contributed by atoms with van der Waals surface area (Å²) in [4.78, 5) is 13.1. The number of carbonyl (C=O) groups excluding carboxylic acids is 1. The fraction of sp³-hybridized carbons (Fsp3) is 0.932. The van der Waals surface area contributed by atoms with Gasteiger partial charge in [-0.3, -0.25) is 4.79 Å². The van der Waals surface area contributed by atoms with E-state index in [4.69, 9.17) is 9.47 Å². The SMILES string of the molecule is CCCCCCCCCC/C=C\CCCCCCCCCCCCCCCCCCCCCCCCCCCCCCCC(=O)NC(COC1OC(CO)C(O)C(O)C1O)C(O)/C=C/CCCCCCCCCCCCCCCCCC. The lowest BCUT2D eigenvalue weighted by Gasteiger charge is -2.40. The number of ether oxygens (including phenoxy) is 2. The summed E-state index contributed by atoms with van der Waals surface area (Å²) in [6, 6.07) is -0.802. The van der Waals surface area contributed by atoms with Crippen molar-refractivity contribution in [3.8, 4) is 0 Å². The quantitative estimate of drug-likeness (QED) is 0.0261. The molecule has 0 bridgehead atoms. The zero-order chi connectivity index (χ0) is 59.3. The van der Waals surface area contributed by atoms with Gasteiger partial charge in [0.1, 0.15) is 24.4 Å². The molecule has 9 nitrogen and oxygen atoms in total. The normalized spacial score (nSPS) is 18.4. The number of hydrogen-bond donors (Lipinski definition) is 6. The molecule has 1 saturated heterocycles. The Morgan fingerprint density at radius 1 is 0.402 bits per heavy atom. The third-order valence-corrected chi connectivity index (χ3v) is 17.8. The first-order valence-electron chi connectivity index (χ1n) is 36.6. The van der Waals surface area contributed by atoms with Crippen molar-refractivity contribution in [3.63, 3.8) is 0 Å². The molecule has 1 amide bonds. The number of hydrogen-bond acceptors (Lipinski definition) is 8. The Morgan fingerprint density at radius 2 is 0.683 bits per heavy atom. The molecule has 82 heavy (non-hydrogen) atoms. The van der Waals surface area contributed by atoms with Crippen molar-refractivity contribution in [1.29, 1.82) is 0 Å². The van der Waals surface area contributed by atoms with Gasteiger partial charge in [-0.05, 0) is 44.9 Å². The number of carbonyl (C=O) groups is 1. The first-order chi connectivity index (χ1) is 40.3. The maximum absolute atomic E-state index is 13.1. The first-order valence-corrected chi connectivity index (χ1v) is 36.6. The van der Waals surface area contributed by atoms with Crippen LogP contribution in [0.1, 0.15) is 380 Å². The number of allylic oxidation sites excluding steroid dienone is 3. The topological polar surface area (TPSA) is 149 Å². The molecule has 1 aliphatic heterocycles. The minimum atomic E-state index is -1.56. The van der Waals surface area contributed by atoms with Gasteiger partial charge in [-0.25, -0.2) is 0 Å². The van der Waals surface area contributed by atoms with E-state index in [1.807, 2.05) is 6.08 Å². The van der Waals surface area contributed by atoms with Crippen LogP contribution in [0.4, 0.5) is 0 Å². The van der Waals surface area contributed by atoms with Gasteiger partial charge in [0, 0.05) is 6.42 Å². The lowest BCUT2D eigenvalue weighted by molar-refractivity contribution is -0.302. The summed E-state index contributed by atoms with van der Waals surface area (Å²) in [5.41, 5.74) is 0. The van der Waals surface area contributed by atoms with Gasteiger partial charge in [-0.2, -0.15) is 0 Å². The predicted molar refractivity (Wildman–Crippen MR) is 350 cm³/mol. The predicted octanol–water partition coefficient (Wildman–Crippen LogP) is 20.0. The highest BCUT2D eigenvalue weighted by molar-refractivity contribution is 5.76. The van der Waals surface area contributed by atoms with E-state index >= 15 is 0 Å². The highest BCUT2D eigenvalue weighted by atomic mass is 16.7. The van der Waals surface area contributed by atoms with Gasteiger partial charge in [-0.1, -0.05) is 353 Å². The molecule has 7 atom stereocenters. The van der Waals surface area contributed by atoms with E-state index in [9.17, 15) is 30.3 Å². The highest BCUT2D eigenvalue weighted by Crippen LogP contribution is 2.24. The monoisotopic (exact) mass is 1160 g/mol. The molecule has 486 valence electrons. The van der Waals surface area contributed by atoms with Gasteiger partial charge in [0.2, 0.25) is 5.91 Å². The largest absolute Gasteiger partial charge is 0.394 e. The molecule has 9 heteroatoms. The van der Waals surface area contributed by atoms with Gasteiger partial charge in [0.15, 0.2) is 6.29 Å². The minimum Gasteiger partial charge on any atom is -0.394 e. The molecular weight excluding hydrogens is 1020 g/mol. The third kappa shape index (κ3) is 50.8. The van der Waals surface area contributed by atoms with Crippen LogP contribution in [0.2, 0.25) is 0 Å². The third-order valence-electron chi connectivity index (χ3n) is 17.8. The lowest BCUT2D eigenvalue weighted by atomic mass is 9.99. The van der Waals surface area contributed by atoms with Gasteiger partial charge >= 0.3 is 0 Å². The van der Waals surface area contributed by atoms with Gasteiger partial charge < -0.3 is 40.3 Å². The van der Waals surface area contributed by atoms with Crippen molar-refractivity contribution in [1.82, 2.24) is 5.32 Å². The second-order valence-corrected chi connectivity index (χ2v) is 25.7. The van der Waals surface area contributed by atoms with Crippen LogP contribution in [0.25, 0.3) is 0 Å². The molecule has 6 N–H and O–H groups in total. The second kappa shape index (κ2) is 62.7. The molecule has 0 aromatic rings. The van der Waals surface area contributed by atoms with Gasteiger partial charge in [0.25, 0.3) is 0 Å². The summed E-state index contributed by atoms with van der Waals surface area (Å²) >= 11 is 0. The van der Waals surface area contributed by atoms with E-state index in [1.165, 1.54) is 321 Å². The van der Waals surface area contributed by atoms with Crippen molar-refractivity contribution in [2.24, 2.45) is 0 Å². The van der Waals surface area contributed by atoms with Crippen molar-refractivity contribution >= 4 is 5.91 Å². The second-order valence-electron chi connectivity index (χ2n) is 25.7. The average molecular weight is 1160 g/mol. The summed E-state index contributed by atoms with van der Waals surface area (Å²) in [6.45, 7) is 3.83. The number of aliphatic hydroxyl groups is 5. The van der Waals surface area contributed by atoms with Crippen LogP contribution in [0, 0.1) is 0 Å². The van der Waals surface area contributed by atoms with Crippen molar-refractivity contribution in [3.05, 3.63) is 24.3 Å². The number of amides is 1. The summed E-state index contributed by atoms with van der Waals surface area (Å²) in [5, 5.41) is 54.7. The highest BCUT2D eigenvalue weighted by Gasteiger charge is 2.44. The number of aliphatic hydroxyl groups excluding tert-OH is 5. The Hall–Kier alpha value is -1.33. The maximum atomic E-state index is 13.1. The Morgan fingerprint density at radius 3 is 0.988 bits per heavy atom. The van der Waals surface area contributed by atoms with Gasteiger partial charge in [-0.15, -0.1) is 0 Å². The Kier molecular flexibility index (Phi) is 60.2. The molecular formula is C73H141NO8. The van der Waals surface area contributed by atoms with Crippen LogP contribution in [0.5, 0.6) is 0 Å². The Bertz CT molecular complexity index is 1340. The molecule has 1 rings (SSSR count). The summed E-state index contributed by atoms with van der Waals surface area (Å²) in [7, 11) is 0. The smallest absolute Gasteiger partial charge is 0.220 e. The number of unbranched alkanes of at least 4 members (excludes halogenated alkanes) is 53. The van der Waals surface area contributed by atoms with Crippen LogP contribution in [0.15, 0.2) is 24.3 Å². The summed E-state index contributed by atoms with van der Waals surface area (Å²) < 4.78 is 11.3. The molecule has 7 unspecified atom stereocenters. The molecule has 1 fully saturated rings. The average Bonchev–Trinajstić information content (AvgIpc) is 3.57. The molecule has 0 saturated carbocycles. The molecule has 0 aromatic carbocycles. The molecule has 1 heterocycles. The van der Waals surface area contributed by atoms with Crippen LogP contribution < -0.4 is 5.32 Å². The molecule has 0 radical (unpaired) electrons. The minimum absolute atomic E-state index is 0.168. The number of rotatable bonds is 65. The van der Waals surface area contributed by atoms with Crippen LogP contribution in [-0.2, 0) is 14.3 Å². The van der Waals surface area contributed by atoms with E-state index in [1.54, 1.807) is 6.08 Å². The van der Waals surface area contributed by atoms with Crippen LogP contribution >= 0.6 is 0 Å². The van der Waals surface area contributed by atoms with E-state index in [0.717, 1.165) is 38.5 Å². The summed E-state index contributed by atoms with van der Waals surface area (Å²) in [6.07, 6.45) is 76.0. The molecule has 0 aromatic heterocycles. The fourth-order valence-electron chi connectivity index (χ4n) is 12.0.